The molecule has 0 unspecified atom stereocenters. The molecule has 0 fully saturated rings. The normalized spacial score (nSPS) is 10.9. The highest BCUT2D eigenvalue weighted by atomic mass is 32.1. The Bertz CT molecular complexity index is 1950. The van der Waals surface area contributed by atoms with Crippen LogP contribution in [0.25, 0.3) is 22.6 Å². The summed E-state index contributed by atoms with van der Waals surface area (Å²) in [6.07, 6.45) is 5.53. The summed E-state index contributed by atoms with van der Waals surface area (Å²) in [7, 11) is 3.75. The number of nitrogens with zero attached hydrogens (tertiary/aromatic N) is 1. The van der Waals surface area contributed by atoms with E-state index in [9.17, 15) is 14.0 Å². The molecule has 0 bridgehead atoms. The number of benzene rings is 3. The number of H-pyrrole nitrogens is 1. The molecule has 12 heteroatoms. The SMILES string of the molecule is CCOc1ccn(-c2ccc(F)cc2)c(=O)c1C(=O)Nc1ccc(O/C(=C/C=N)c2[nH]ccc2-c2cccc(S)c2)c(F)c1.CNC. The zero-order valence-electron chi connectivity index (χ0n) is 25.8. The van der Waals surface area contributed by atoms with Gasteiger partial charge in [0.25, 0.3) is 11.5 Å². The lowest BCUT2D eigenvalue weighted by molar-refractivity contribution is 0.102. The van der Waals surface area contributed by atoms with Crippen LogP contribution >= 0.6 is 12.6 Å². The summed E-state index contributed by atoms with van der Waals surface area (Å²) in [5, 5.41) is 12.9. The van der Waals surface area contributed by atoms with Crippen LogP contribution in [0.1, 0.15) is 23.0 Å². The molecule has 2 aromatic heterocycles. The Hall–Kier alpha value is -5.46. The van der Waals surface area contributed by atoms with Crippen molar-refractivity contribution in [2.45, 2.75) is 11.8 Å². The summed E-state index contributed by atoms with van der Waals surface area (Å²) in [4.78, 5) is 30.5. The Kier molecular flexibility index (Phi) is 11.9. The second kappa shape index (κ2) is 16.2. The van der Waals surface area contributed by atoms with Crippen molar-refractivity contribution in [3.8, 4) is 28.3 Å². The molecule has 0 aliphatic carbocycles. The summed E-state index contributed by atoms with van der Waals surface area (Å²) in [5.41, 5.74) is 1.53. The molecule has 1 amide bonds. The van der Waals surface area contributed by atoms with Gasteiger partial charge in [0.15, 0.2) is 17.3 Å². The van der Waals surface area contributed by atoms with Crippen LogP contribution in [-0.4, -0.2) is 42.4 Å². The van der Waals surface area contributed by atoms with Crippen molar-refractivity contribution in [2.75, 3.05) is 26.0 Å². The molecule has 0 aliphatic rings. The number of thiol groups is 1. The Morgan fingerprint density at radius 2 is 1.77 bits per heavy atom. The summed E-state index contributed by atoms with van der Waals surface area (Å²) in [6, 6.07) is 19.7. The molecule has 3 aromatic carbocycles. The van der Waals surface area contributed by atoms with E-state index in [0.29, 0.717) is 11.4 Å². The minimum absolute atomic E-state index is 0.0421. The molecule has 0 radical (unpaired) electrons. The molecule has 5 rings (SSSR count). The predicted molar refractivity (Wildman–Crippen MR) is 183 cm³/mol. The third-order valence-corrected chi connectivity index (χ3v) is 6.76. The van der Waals surface area contributed by atoms with Gasteiger partial charge in [0, 0.05) is 52.6 Å². The second-order valence-electron chi connectivity index (χ2n) is 9.86. The lowest BCUT2D eigenvalue weighted by Gasteiger charge is -2.15. The first-order valence-electron chi connectivity index (χ1n) is 14.4. The Balaban J connectivity index is 0.00000160. The molecule has 0 atom stereocenters. The third-order valence-electron chi connectivity index (χ3n) is 6.48. The highest BCUT2D eigenvalue weighted by Crippen LogP contribution is 2.32. The van der Waals surface area contributed by atoms with Crippen molar-refractivity contribution in [2.24, 2.45) is 0 Å². The number of carbonyl (C=O) groups is 1. The van der Waals surface area contributed by atoms with Gasteiger partial charge in [-0.25, -0.2) is 8.78 Å². The van der Waals surface area contributed by atoms with E-state index in [0.717, 1.165) is 28.3 Å². The molecule has 0 saturated heterocycles. The lowest BCUT2D eigenvalue weighted by atomic mass is 10.1. The summed E-state index contributed by atoms with van der Waals surface area (Å²) in [5.74, 6) is -2.03. The van der Waals surface area contributed by atoms with Crippen molar-refractivity contribution in [1.29, 1.82) is 5.41 Å². The van der Waals surface area contributed by atoms with E-state index in [-0.39, 0.29) is 35.1 Å². The minimum Gasteiger partial charge on any atom is -0.493 e. The van der Waals surface area contributed by atoms with Crippen LogP contribution in [0.3, 0.4) is 0 Å². The van der Waals surface area contributed by atoms with E-state index >= 15 is 4.39 Å². The topological polar surface area (TPSA) is 121 Å². The van der Waals surface area contributed by atoms with E-state index in [1.54, 1.807) is 13.1 Å². The average Bonchev–Trinajstić information content (AvgIpc) is 3.53. The van der Waals surface area contributed by atoms with Crippen molar-refractivity contribution in [3.05, 3.63) is 131 Å². The van der Waals surface area contributed by atoms with Crippen molar-refractivity contribution in [3.63, 3.8) is 0 Å². The third kappa shape index (κ3) is 8.43. The Labute approximate surface area is 275 Å². The molecule has 47 heavy (non-hydrogen) atoms. The number of hydrogen-bond acceptors (Lipinski definition) is 7. The van der Waals surface area contributed by atoms with Gasteiger partial charge in [-0.05, 0) is 87.2 Å². The highest BCUT2D eigenvalue weighted by Gasteiger charge is 2.21. The second-order valence-corrected chi connectivity index (χ2v) is 10.4. The maximum Gasteiger partial charge on any atom is 0.271 e. The fourth-order valence-corrected chi connectivity index (χ4v) is 4.74. The van der Waals surface area contributed by atoms with Gasteiger partial charge in [-0.1, -0.05) is 12.1 Å². The molecule has 2 heterocycles. The van der Waals surface area contributed by atoms with Gasteiger partial charge in [0.2, 0.25) is 0 Å². The van der Waals surface area contributed by atoms with Crippen molar-refractivity contribution < 1.29 is 23.0 Å². The number of aromatic nitrogens is 2. The van der Waals surface area contributed by atoms with Crippen LogP contribution in [0, 0.1) is 17.0 Å². The maximum atomic E-state index is 15.3. The van der Waals surface area contributed by atoms with Crippen LogP contribution < -0.4 is 25.7 Å². The number of ether oxygens (including phenoxy) is 2. The van der Waals surface area contributed by atoms with Gasteiger partial charge < -0.3 is 30.5 Å². The number of carbonyl (C=O) groups excluding carboxylic acids is 1. The van der Waals surface area contributed by atoms with Gasteiger partial charge in [-0.2, -0.15) is 0 Å². The number of halogens is 2. The predicted octanol–water partition coefficient (Wildman–Crippen LogP) is 6.96. The number of anilines is 1. The van der Waals surface area contributed by atoms with Crippen LogP contribution in [0.15, 0.2) is 107 Å². The molecule has 9 nitrogen and oxygen atoms in total. The van der Waals surface area contributed by atoms with Gasteiger partial charge >= 0.3 is 0 Å². The lowest BCUT2D eigenvalue weighted by Crippen LogP contribution is -2.29. The zero-order chi connectivity index (χ0) is 33.9. The van der Waals surface area contributed by atoms with Gasteiger partial charge in [0.1, 0.15) is 17.1 Å². The van der Waals surface area contributed by atoms with E-state index in [2.05, 4.69) is 28.2 Å². The minimum atomic E-state index is -0.824. The summed E-state index contributed by atoms with van der Waals surface area (Å²) >= 11 is 4.40. The summed E-state index contributed by atoms with van der Waals surface area (Å²) < 4.78 is 41.3. The summed E-state index contributed by atoms with van der Waals surface area (Å²) in [6.45, 7) is 1.89. The molecular formula is C35H33F2N5O4S. The van der Waals surface area contributed by atoms with Gasteiger partial charge in [-0.3, -0.25) is 14.2 Å². The number of rotatable bonds is 10. The first-order valence-corrected chi connectivity index (χ1v) is 14.8. The smallest absolute Gasteiger partial charge is 0.271 e. The van der Waals surface area contributed by atoms with E-state index < -0.39 is 23.1 Å². The first-order chi connectivity index (χ1) is 22.7. The maximum absolute atomic E-state index is 15.3. The number of nitrogens with one attached hydrogen (secondary N) is 4. The molecule has 242 valence electrons. The number of amides is 1. The Morgan fingerprint density at radius 3 is 2.43 bits per heavy atom. The fraction of sp³-hybridized carbons (Fsp3) is 0.114. The highest BCUT2D eigenvalue weighted by molar-refractivity contribution is 7.80. The Morgan fingerprint density at radius 1 is 1.02 bits per heavy atom. The zero-order valence-corrected chi connectivity index (χ0v) is 26.7. The molecule has 4 N–H and O–H groups in total. The quantitative estimate of drug-likeness (QED) is 0.0632. The van der Waals surface area contributed by atoms with Crippen molar-refractivity contribution >= 4 is 36.2 Å². The first kappa shape index (κ1) is 34.4. The fourth-order valence-electron chi connectivity index (χ4n) is 4.51. The molecule has 0 aliphatic heterocycles. The van der Waals surface area contributed by atoms with Crippen LogP contribution in [0.4, 0.5) is 14.5 Å². The monoisotopic (exact) mass is 657 g/mol. The van der Waals surface area contributed by atoms with Crippen LogP contribution in [-0.2, 0) is 0 Å². The molecular weight excluding hydrogens is 624 g/mol. The largest absolute Gasteiger partial charge is 0.493 e. The van der Waals surface area contributed by atoms with Crippen LogP contribution in [0.2, 0.25) is 0 Å². The average molecular weight is 658 g/mol. The number of pyridine rings is 1. The molecule has 0 spiro atoms. The van der Waals surface area contributed by atoms with E-state index in [1.165, 1.54) is 59.3 Å². The number of aromatic amines is 1. The molecule has 0 saturated carbocycles. The van der Waals surface area contributed by atoms with Gasteiger partial charge in [0.05, 0.1) is 12.3 Å². The standard InChI is InChI=1S/C33H26F2N4O4S.C2H7N/c1-2-42-28-14-17-39(23-9-6-21(34)7-10-23)33(41)30(28)32(40)38-22-8-11-27(26(35)19-22)43-29(12-15-36)31-25(13-16-37-31)20-4-3-5-24(44)18-20;1-3-2/h3-19,36-37,44H,2H2,1H3,(H,38,40);3H,1-2H3/b29-12+,36-15?;. The van der Waals surface area contributed by atoms with E-state index in [4.69, 9.17) is 14.9 Å². The van der Waals surface area contributed by atoms with Crippen molar-refractivity contribution in [1.82, 2.24) is 14.9 Å². The number of hydrogen-bond donors (Lipinski definition) is 5. The number of allylic oxidation sites excluding steroid dienone is 1. The van der Waals surface area contributed by atoms with Crippen LogP contribution in [0.5, 0.6) is 11.5 Å². The van der Waals surface area contributed by atoms with Gasteiger partial charge in [-0.15, -0.1) is 12.6 Å². The van der Waals surface area contributed by atoms with E-state index in [1.807, 2.05) is 44.4 Å². The molecule has 5 aromatic rings.